The third-order valence-electron chi connectivity index (χ3n) is 9.70. The molecule has 0 aromatic carbocycles. The molecule has 0 saturated carbocycles. The molecule has 2 atom stereocenters. The van der Waals surface area contributed by atoms with Crippen LogP contribution in [-0.2, 0) is 30.5 Å². The smallest absolute Gasteiger partial charge is 0.361 e. The van der Waals surface area contributed by atoms with E-state index in [9.17, 15) is 28.8 Å². The molecule has 274 valence electrons. The van der Waals surface area contributed by atoms with Crippen LogP contribution in [0.3, 0.4) is 0 Å². The fraction of sp³-hybridized carbons (Fsp3) is 0.528. The molecule has 3 aromatic heterocycles. The molecule has 0 aliphatic carbocycles. The third-order valence-corrected chi connectivity index (χ3v) is 9.70. The van der Waals surface area contributed by atoms with Gasteiger partial charge >= 0.3 is 11.9 Å². The number of carbonyl (C=O) groups is 6. The molecule has 5 rings (SSSR count). The Hall–Kier alpha value is -5.21. The molecule has 51 heavy (non-hydrogen) atoms. The minimum absolute atomic E-state index is 0.0285. The van der Waals surface area contributed by atoms with Crippen LogP contribution >= 0.6 is 0 Å². The summed E-state index contributed by atoms with van der Waals surface area (Å²) in [5, 5.41) is 9.12. The van der Waals surface area contributed by atoms with Crippen molar-refractivity contribution in [2.24, 2.45) is 10.8 Å². The number of amides is 2. The van der Waals surface area contributed by atoms with Crippen LogP contribution in [0, 0.1) is 10.8 Å². The van der Waals surface area contributed by atoms with Gasteiger partial charge < -0.3 is 28.5 Å². The van der Waals surface area contributed by atoms with Gasteiger partial charge in [-0.2, -0.15) is 0 Å². The fourth-order valence-corrected chi connectivity index (χ4v) is 5.72. The Morgan fingerprint density at radius 3 is 1.76 bits per heavy atom. The highest BCUT2D eigenvalue weighted by Crippen LogP contribution is 2.37. The van der Waals surface area contributed by atoms with Gasteiger partial charge in [0.1, 0.15) is 6.61 Å². The van der Waals surface area contributed by atoms with Crippen molar-refractivity contribution >= 4 is 35.3 Å². The fourth-order valence-electron chi connectivity index (χ4n) is 5.72. The summed E-state index contributed by atoms with van der Waals surface area (Å²) in [6.45, 7) is 11.6. The second kappa shape index (κ2) is 16.2. The Bertz CT molecular complexity index is 1740. The van der Waals surface area contributed by atoms with Crippen LogP contribution in [0.1, 0.15) is 130 Å². The van der Waals surface area contributed by atoms with E-state index in [0.29, 0.717) is 51.6 Å². The number of nitrogens with zero attached hydrogens (tertiary/aromatic N) is 5. The molecule has 0 spiro atoms. The van der Waals surface area contributed by atoms with Crippen LogP contribution in [0.2, 0.25) is 0 Å². The van der Waals surface area contributed by atoms with Crippen LogP contribution in [0.4, 0.5) is 0 Å². The lowest BCUT2D eigenvalue weighted by atomic mass is 9.84. The highest BCUT2D eigenvalue weighted by molar-refractivity contribution is 6.38. The number of aromatic nitrogens is 3. The summed E-state index contributed by atoms with van der Waals surface area (Å²) in [5.74, 6) is -3.48. The molecule has 0 unspecified atom stereocenters. The summed E-state index contributed by atoms with van der Waals surface area (Å²) in [5.41, 5.74) is -0.901. The number of oxazole rings is 2. The van der Waals surface area contributed by atoms with E-state index in [4.69, 9.17) is 18.7 Å². The van der Waals surface area contributed by atoms with Gasteiger partial charge in [0.05, 0.1) is 12.1 Å². The van der Waals surface area contributed by atoms with Crippen molar-refractivity contribution in [2.45, 2.75) is 98.8 Å². The van der Waals surface area contributed by atoms with Crippen molar-refractivity contribution < 1.29 is 47.4 Å². The van der Waals surface area contributed by atoms with Crippen LogP contribution in [0.25, 0.3) is 0 Å². The van der Waals surface area contributed by atoms with Crippen molar-refractivity contribution in [3.63, 3.8) is 0 Å². The summed E-state index contributed by atoms with van der Waals surface area (Å²) >= 11 is 0. The van der Waals surface area contributed by atoms with E-state index in [-0.39, 0.29) is 29.5 Å². The van der Waals surface area contributed by atoms with E-state index in [0.717, 1.165) is 18.4 Å². The van der Waals surface area contributed by atoms with E-state index >= 15 is 0 Å². The first-order valence-corrected chi connectivity index (χ1v) is 17.0. The molecular formula is C36H45N5O10. The summed E-state index contributed by atoms with van der Waals surface area (Å²) in [4.78, 5) is 88.6. The van der Waals surface area contributed by atoms with E-state index in [2.05, 4.69) is 15.0 Å². The highest BCUT2D eigenvalue weighted by Gasteiger charge is 2.43. The quantitative estimate of drug-likeness (QED) is 0.192. The van der Waals surface area contributed by atoms with Gasteiger partial charge in [-0.1, -0.05) is 47.6 Å². The first-order chi connectivity index (χ1) is 24.1. The first kappa shape index (κ1) is 38.6. The lowest BCUT2D eigenvalue weighted by molar-refractivity contribution is -0.150. The standard InChI is InChI=1S/C21H25N3O5.C15H20N2O5/c1-4-21(2,3)18(25)19(26)24-10-6-8-15(24)17-16(23-13-29-17)20(27)28-12-14-7-5-9-22-11-14;1-4-15(2,3)12(18)13(19)17-7-5-6-9(17)11-10(14(20)21)16-8-22-11/h5,7,9,11,13,15H,4,6,8,10,12H2,1-3H3;8-9H,4-7H2,1-3H3,(H,20,21)/t15-;9-/m00/s1. The number of carboxylic acid groups (broad SMARTS) is 1. The molecule has 0 radical (unpaired) electrons. The van der Waals surface area contributed by atoms with Crippen LogP contribution in [-0.4, -0.2) is 78.3 Å². The Kier molecular flexibility index (Phi) is 12.3. The van der Waals surface area contributed by atoms with Crippen LogP contribution in [0.5, 0.6) is 0 Å². The number of carbonyl (C=O) groups excluding carboxylic acids is 5. The number of hydrogen-bond acceptors (Lipinski definition) is 12. The normalized spacial score (nSPS) is 17.5. The number of rotatable bonds is 12. The Labute approximate surface area is 295 Å². The minimum atomic E-state index is -1.21. The number of likely N-dealkylation sites (tertiary alicyclic amines) is 2. The second-order valence-electron chi connectivity index (χ2n) is 13.8. The van der Waals surface area contributed by atoms with Gasteiger partial charge in [-0.15, -0.1) is 0 Å². The predicted octanol–water partition coefficient (Wildman–Crippen LogP) is 5.14. The van der Waals surface area contributed by atoms with Gasteiger partial charge in [0.25, 0.3) is 11.8 Å². The van der Waals surface area contributed by atoms with E-state index in [1.54, 1.807) is 52.2 Å². The maximum Gasteiger partial charge on any atom is 0.361 e. The number of pyridine rings is 1. The van der Waals surface area contributed by atoms with Crippen LogP contribution < -0.4 is 0 Å². The largest absolute Gasteiger partial charge is 0.476 e. The number of hydrogen-bond donors (Lipinski definition) is 1. The zero-order chi connectivity index (χ0) is 37.5. The zero-order valence-corrected chi connectivity index (χ0v) is 29.8. The minimum Gasteiger partial charge on any atom is -0.476 e. The van der Waals surface area contributed by atoms with Crippen molar-refractivity contribution in [3.8, 4) is 0 Å². The average molecular weight is 708 g/mol. The number of ether oxygens (including phenoxy) is 1. The van der Waals surface area contributed by atoms with Gasteiger partial charge in [-0.25, -0.2) is 19.6 Å². The summed E-state index contributed by atoms with van der Waals surface area (Å²) in [6, 6.07) is 2.49. The first-order valence-electron chi connectivity index (χ1n) is 17.0. The number of aromatic carboxylic acids is 1. The molecule has 3 aromatic rings. The molecule has 2 aliphatic rings. The molecule has 2 fully saturated rings. The molecule has 5 heterocycles. The molecule has 15 heteroatoms. The molecular weight excluding hydrogens is 662 g/mol. The molecule has 0 bridgehead atoms. The number of carboxylic acids is 1. The van der Waals surface area contributed by atoms with Crippen molar-refractivity contribution in [2.75, 3.05) is 13.1 Å². The van der Waals surface area contributed by atoms with Gasteiger partial charge in [0, 0.05) is 41.9 Å². The Morgan fingerprint density at radius 2 is 1.31 bits per heavy atom. The lowest BCUT2D eigenvalue weighted by Gasteiger charge is -2.27. The lowest BCUT2D eigenvalue weighted by Crippen LogP contribution is -2.42. The number of Topliss-reactive ketones (excluding diaryl/α,β-unsaturated/α-hetero) is 2. The van der Waals surface area contributed by atoms with Gasteiger partial charge in [0.2, 0.25) is 11.6 Å². The number of ketones is 2. The highest BCUT2D eigenvalue weighted by atomic mass is 16.5. The van der Waals surface area contributed by atoms with E-state index in [1.165, 1.54) is 9.80 Å². The maximum absolute atomic E-state index is 12.8. The average Bonchev–Trinajstić information content (AvgIpc) is 3.95. The molecule has 2 amide bonds. The van der Waals surface area contributed by atoms with Crippen LogP contribution in [0.15, 0.2) is 46.1 Å². The Balaban J connectivity index is 0.000000238. The SMILES string of the molecule is CCC(C)(C)C(=O)C(=O)N1CCC[C@H]1c1ocnc1C(=O)O.CCC(C)(C)C(=O)C(=O)N1CCC[C@H]1c1ocnc1C(=O)OCc1cccnc1. The maximum atomic E-state index is 12.8. The third kappa shape index (κ3) is 8.58. The topological polar surface area (TPSA) is 203 Å². The second-order valence-corrected chi connectivity index (χ2v) is 13.8. The van der Waals surface area contributed by atoms with Gasteiger partial charge in [-0.3, -0.25) is 24.2 Å². The predicted molar refractivity (Wildman–Crippen MR) is 179 cm³/mol. The number of esters is 1. The Morgan fingerprint density at radius 1 is 0.824 bits per heavy atom. The molecule has 2 saturated heterocycles. The van der Waals surface area contributed by atoms with Crippen molar-refractivity contribution in [3.05, 3.63) is 65.8 Å². The summed E-state index contributed by atoms with van der Waals surface area (Å²) in [7, 11) is 0. The molecule has 1 N–H and O–H groups in total. The van der Waals surface area contributed by atoms with Gasteiger partial charge in [-0.05, 0) is 44.6 Å². The molecule has 2 aliphatic heterocycles. The monoisotopic (exact) mass is 707 g/mol. The van der Waals surface area contributed by atoms with Crippen molar-refractivity contribution in [1.82, 2.24) is 24.8 Å². The van der Waals surface area contributed by atoms with Crippen molar-refractivity contribution in [1.29, 1.82) is 0 Å². The van der Waals surface area contributed by atoms with E-state index in [1.807, 2.05) is 13.8 Å². The molecule has 15 nitrogen and oxygen atoms in total. The summed E-state index contributed by atoms with van der Waals surface area (Å²) in [6.07, 6.45) is 9.11. The van der Waals surface area contributed by atoms with E-state index < -0.39 is 58.2 Å². The van der Waals surface area contributed by atoms with Gasteiger partial charge in [0.15, 0.2) is 35.7 Å². The zero-order valence-electron chi connectivity index (χ0n) is 29.8. The summed E-state index contributed by atoms with van der Waals surface area (Å²) < 4.78 is 16.0.